The third kappa shape index (κ3) is 2.45. The average Bonchev–Trinajstić information content (AvgIpc) is 3.19. The molecule has 0 bridgehead atoms. The largest absolute Gasteiger partial charge is 0.495 e. The molecule has 20 heavy (non-hydrogen) atoms. The molecule has 5 heteroatoms. The standard InChI is InChI=1S/C15H20N2O3/c1-19-12-4-2-3-10(13(12)16)15(18)17-11-7-8-20-14(11)9-5-6-9/h2-4,9,11,14H,5-8,16H2,1H3,(H,17,18). The Morgan fingerprint density at radius 2 is 2.20 bits per heavy atom. The first-order chi connectivity index (χ1) is 9.70. The van der Waals surface area contributed by atoms with Gasteiger partial charge in [-0.2, -0.15) is 0 Å². The highest BCUT2D eigenvalue weighted by molar-refractivity contribution is 6.00. The molecule has 108 valence electrons. The van der Waals surface area contributed by atoms with Crippen LogP contribution in [0.25, 0.3) is 0 Å². The number of benzene rings is 1. The van der Waals surface area contributed by atoms with E-state index in [2.05, 4.69) is 5.32 Å². The maximum atomic E-state index is 12.4. The number of carbonyl (C=O) groups excluding carboxylic acids is 1. The van der Waals surface area contributed by atoms with Gasteiger partial charge in [-0.25, -0.2) is 0 Å². The number of para-hydroxylation sites is 1. The van der Waals surface area contributed by atoms with E-state index in [9.17, 15) is 4.79 Å². The molecule has 1 aromatic rings. The lowest BCUT2D eigenvalue weighted by molar-refractivity contribution is 0.0730. The molecule has 1 saturated carbocycles. The molecular formula is C15H20N2O3. The summed E-state index contributed by atoms with van der Waals surface area (Å²) in [5.41, 5.74) is 6.81. The molecule has 2 atom stereocenters. The van der Waals surface area contributed by atoms with Crippen molar-refractivity contribution in [3.8, 4) is 5.75 Å². The molecule has 1 aliphatic carbocycles. The summed E-state index contributed by atoms with van der Waals surface area (Å²) >= 11 is 0. The molecule has 0 radical (unpaired) electrons. The summed E-state index contributed by atoms with van der Waals surface area (Å²) in [5.74, 6) is 0.993. The highest BCUT2D eigenvalue weighted by atomic mass is 16.5. The molecule has 1 amide bonds. The molecular weight excluding hydrogens is 256 g/mol. The Labute approximate surface area is 118 Å². The summed E-state index contributed by atoms with van der Waals surface area (Å²) < 4.78 is 10.9. The van der Waals surface area contributed by atoms with Crippen LogP contribution >= 0.6 is 0 Å². The van der Waals surface area contributed by atoms with Crippen molar-refractivity contribution in [3.63, 3.8) is 0 Å². The number of nitrogen functional groups attached to an aromatic ring is 1. The summed E-state index contributed by atoms with van der Waals surface area (Å²) in [6.45, 7) is 0.722. The van der Waals surface area contributed by atoms with Crippen molar-refractivity contribution < 1.29 is 14.3 Å². The Kier molecular flexibility index (Phi) is 3.53. The third-order valence-corrected chi connectivity index (χ3v) is 4.07. The van der Waals surface area contributed by atoms with Gasteiger partial charge in [0.2, 0.25) is 0 Å². The molecule has 1 saturated heterocycles. The lowest BCUT2D eigenvalue weighted by atomic mass is 10.0. The zero-order chi connectivity index (χ0) is 14.1. The first kappa shape index (κ1) is 13.2. The number of ether oxygens (including phenoxy) is 2. The van der Waals surface area contributed by atoms with Crippen molar-refractivity contribution in [2.75, 3.05) is 19.5 Å². The number of nitrogens with one attached hydrogen (secondary N) is 1. The topological polar surface area (TPSA) is 73.6 Å². The summed E-state index contributed by atoms with van der Waals surface area (Å²) in [6, 6.07) is 5.33. The van der Waals surface area contributed by atoms with Crippen LogP contribution in [0.3, 0.4) is 0 Å². The monoisotopic (exact) mass is 276 g/mol. The number of anilines is 1. The predicted molar refractivity (Wildman–Crippen MR) is 75.7 cm³/mol. The van der Waals surface area contributed by atoms with Crippen molar-refractivity contribution in [2.45, 2.75) is 31.4 Å². The fourth-order valence-corrected chi connectivity index (χ4v) is 2.82. The van der Waals surface area contributed by atoms with Crippen LogP contribution in [0.15, 0.2) is 18.2 Å². The predicted octanol–water partition coefficient (Wildman–Crippen LogP) is 1.57. The SMILES string of the molecule is COc1cccc(C(=O)NC2CCOC2C2CC2)c1N. The van der Waals surface area contributed by atoms with E-state index in [1.807, 2.05) is 0 Å². The van der Waals surface area contributed by atoms with Crippen LogP contribution in [0.5, 0.6) is 5.75 Å². The van der Waals surface area contributed by atoms with Crippen LogP contribution in [0.2, 0.25) is 0 Å². The maximum absolute atomic E-state index is 12.4. The normalized spacial score (nSPS) is 25.4. The number of amides is 1. The number of methoxy groups -OCH3 is 1. The van der Waals surface area contributed by atoms with E-state index >= 15 is 0 Å². The fraction of sp³-hybridized carbons (Fsp3) is 0.533. The molecule has 1 aromatic carbocycles. The lowest BCUT2D eigenvalue weighted by Gasteiger charge is -2.20. The van der Waals surface area contributed by atoms with E-state index in [0.717, 1.165) is 13.0 Å². The van der Waals surface area contributed by atoms with Gasteiger partial charge in [-0.3, -0.25) is 4.79 Å². The van der Waals surface area contributed by atoms with Crippen molar-refractivity contribution in [2.24, 2.45) is 5.92 Å². The molecule has 1 heterocycles. The highest BCUT2D eigenvalue weighted by Gasteiger charge is 2.41. The van der Waals surface area contributed by atoms with Gasteiger partial charge in [-0.05, 0) is 37.3 Å². The first-order valence-corrected chi connectivity index (χ1v) is 7.05. The van der Waals surface area contributed by atoms with E-state index in [1.165, 1.54) is 12.8 Å². The van der Waals surface area contributed by atoms with Gasteiger partial charge >= 0.3 is 0 Å². The third-order valence-electron chi connectivity index (χ3n) is 4.07. The Morgan fingerprint density at radius 1 is 1.40 bits per heavy atom. The minimum absolute atomic E-state index is 0.0978. The van der Waals surface area contributed by atoms with Gasteiger partial charge in [0, 0.05) is 6.61 Å². The minimum Gasteiger partial charge on any atom is -0.495 e. The van der Waals surface area contributed by atoms with Gasteiger partial charge in [0.05, 0.1) is 30.5 Å². The fourth-order valence-electron chi connectivity index (χ4n) is 2.82. The Hall–Kier alpha value is -1.75. The molecule has 2 fully saturated rings. The lowest BCUT2D eigenvalue weighted by Crippen LogP contribution is -2.41. The van der Waals surface area contributed by atoms with Gasteiger partial charge in [0.1, 0.15) is 5.75 Å². The molecule has 2 unspecified atom stereocenters. The van der Waals surface area contributed by atoms with E-state index < -0.39 is 0 Å². The van der Waals surface area contributed by atoms with Crippen LogP contribution in [0.1, 0.15) is 29.6 Å². The first-order valence-electron chi connectivity index (χ1n) is 7.05. The van der Waals surface area contributed by atoms with Crippen molar-refractivity contribution in [1.29, 1.82) is 0 Å². The van der Waals surface area contributed by atoms with E-state index in [-0.39, 0.29) is 18.1 Å². The zero-order valence-electron chi connectivity index (χ0n) is 11.6. The van der Waals surface area contributed by atoms with Crippen LogP contribution < -0.4 is 15.8 Å². The van der Waals surface area contributed by atoms with E-state index in [1.54, 1.807) is 25.3 Å². The van der Waals surface area contributed by atoms with E-state index in [4.69, 9.17) is 15.2 Å². The summed E-state index contributed by atoms with van der Waals surface area (Å²) in [7, 11) is 1.54. The molecule has 5 nitrogen and oxygen atoms in total. The minimum atomic E-state index is -0.150. The summed E-state index contributed by atoms with van der Waals surface area (Å²) in [4.78, 5) is 12.4. The van der Waals surface area contributed by atoms with Crippen LogP contribution in [-0.2, 0) is 4.74 Å². The number of hydrogen-bond acceptors (Lipinski definition) is 4. The number of hydrogen-bond donors (Lipinski definition) is 2. The van der Waals surface area contributed by atoms with Gasteiger partial charge in [-0.15, -0.1) is 0 Å². The molecule has 3 rings (SSSR count). The average molecular weight is 276 g/mol. The second-order valence-electron chi connectivity index (χ2n) is 5.46. The summed E-state index contributed by atoms with van der Waals surface area (Å²) in [6.07, 6.45) is 3.46. The highest BCUT2D eigenvalue weighted by Crippen LogP contribution is 2.39. The van der Waals surface area contributed by atoms with Crippen LogP contribution in [0.4, 0.5) is 5.69 Å². The van der Waals surface area contributed by atoms with Crippen molar-refractivity contribution >= 4 is 11.6 Å². The van der Waals surface area contributed by atoms with Crippen molar-refractivity contribution in [1.82, 2.24) is 5.32 Å². The second-order valence-corrected chi connectivity index (χ2v) is 5.46. The Morgan fingerprint density at radius 3 is 2.90 bits per heavy atom. The smallest absolute Gasteiger partial charge is 0.253 e. The van der Waals surface area contributed by atoms with E-state index in [0.29, 0.717) is 22.9 Å². The molecule has 2 aliphatic rings. The van der Waals surface area contributed by atoms with Gasteiger partial charge in [-0.1, -0.05) is 6.07 Å². The van der Waals surface area contributed by atoms with Crippen molar-refractivity contribution in [3.05, 3.63) is 23.8 Å². The maximum Gasteiger partial charge on any atom is 0.253 e. The van der Waals surface area contributed by atoms with Crippen LogP contribution in [-0.4, -0.2) is 31.8 Å². The molecule has 0 aromatic heterocycles. The number of carbonyl (C=O) groups is 1. The van der Waals surface area contributed by atoms with Gasteiger partial charge in [0.25, 0.3) is 5.91 Å². The Balaban J connectivity index is 1.72. The molecule has 0 spiro atoms. The zero-order valence-corrected chi connectivity index (χ0v) is 11.6. The summed E-state index contributed by atoms with van der Waals surface area (Å²) in [5, 5.41) is 3.06. The second kappa shape index (κ2) is 5.32. The Bertz CT molecular complexity index is 514. The quantitative estimate of drug-likeness (QED) is 0.819. The molecule has 1 aliphatic heterocycles. The van der Waals surface area contributed by atoms with Gasteiger partial charge in [0.15, 0.2) is 0 Å². The number of rotatable bonds is 4. The molecule has 3 N–H and O–H groups in total. The van der Waals surface area contributed by atoms with Crippen LogP contribution in [0, 0.1) is 5.92 Å². The van der Waals surface area contributed by atoms with Gasteiger partial charge < -0.3 is 20.5 Å². The number of nitrogens with two attached hydrogens (primary N) is 1.